The summed E-state index contributed by atoms with van der Waals surface area (Å²) in [6, 6.07) is 24.3. The van der Waals surface area contributed by atoms with Crippen LogP contribution < -0.4 is 4.90 Å². The number of rotatable bonds is 4. The lowest BCUT2D eigenvalue weighted by Crippen LogP contribution is -2.34. The fourth-order valence-corrected chi connectivity index (χ4v) is 6.75. The topological polar surface area (TPSA) is 37.4 Å². The predicted octanol–water partition coefficient (Wildman–Crippen LogP) is 8.24. The molecular formula is C31H24FNO2S. The summed E-state index contributed by atoms with van der Waals surface area (Å²) in [6.45, 7) is 4.32. The van der Waals surface area contributed by atoms with Crippen molar-refractivity contribution in [1.29, 1.82) is 0 Å². The summed E-state index contributed by atoms with van der Waals surface area (Å²) in [5, 5.41) is 0.943. The SMILES string of the molecule is CCC1(CC)c2ccccc2N(c2ccc(C=C3C(=O)c4ccccc4C3=O)s2)c2ccc(F)cc21. The van der Waals surface area contributed by atoms with Crippen molar-refractivity contribution < 1.29 is 14.0 Å². The van der Waals surface area contributed by atoms with Gasteiger partial charge in [-0.05, 0) is 66.4 Å². The summed E-state index contributed by atoms with van der Waals surface area (Å²) in [5.41, 5.74) is 5.03. The van der Waals surface area contributed by atoms with Crippen molar-refractivity contribution in [3.8, 4) is 0 Å². The Labute approximate surface area is 213 Å². The average Bonchev–Trinajstić information content (AvgIpc) is 3.46. The molecule has 0 unspecified atom stereocenters. The summed E-state index contributed by atoms with van der Waals surface area (Å²) >= 11 is 1.51. The van der Waals surface area contributed by atoms with Gasteiger partial charge in [-0.15, -0.1) is 11.3 Å². The highest BCUT2D eigenvalue weighted by Gasteiger charge is 2.41. The van der Waals surface area contributed by atoms with Gasteiger partial charge in [-0.3, -0.25) is 9.59 Å². The molecule has 0 bridgehead atoms. The lowest BCUT2D eigenvalue weighted by Gasteiger charge is -2.44. The number of benzene rings is 3. The zero-order valence-corrected chi connectivity index (χ0v) is 20.9. The van der Waals surface area contributed by atoms with Crippen molar-refractivity contribution in [2.45, 2.75) is 32.1 Å². The first-order valence-electron chi connectivity index (χ1n) is 12.2. The number of thiophene rings is 1. The molecule has 0 radical (unpaired) electrons. The van der Waals surface area contributed by atoms with E-state index in [9.17, 15) is 14.0 Å². The standard InChI is InChI=1S/C31H24FNO2S/c1-3-31(4-2)24-11-7-8-12-26(24)33(27-15-13-19(32)17-25(27)31)28-16-14-20(36-28)18-23-29(34)21-9-5-6-10-22(21)30(23)35/h5-18H,3-4H2,1-2H3. The number of carbonyl (C=O) groups is 2. The average molecular weight is 494 g/mol. The molecule has 0 atom stereocenters. The number of hydrogen-bond donors (Lipinski definition) is 0. The van der Waals surface area contributed by atoms with Crippen LogP contribution in [0.4, 0.5) is 20.8 Å². The number of carbonyl (C=O) groups excluding carboxylic acids is 2. The van der Waals surface area contributed by atoms with Crippen LogP contribution in [-0.2, 0) is 5.41 Å². The minimum absolute atomic E-state index is 0.196. The Kier molecular flexibility index (Phi) is 5.27. The van der Waals surface area contributed by atoms with Gasteiger partial charge in [0.1, 0.15) is 10.8 Å². The van der Waals surface area contributed by atoms with Crippen LogP contribution in [0.1, 0.15) is 63.4 Å². The molecule has 178 valence electrons. The highest BCUT2D eigenvalue weighted by atomic mass is 32.1. The maximum atomic E-state index is 14.5. The molecule has 0 N–H and O–H groups in total. The van der Waals surface area contributed by atoms with E-state index in [0.717, 1.165) is 39.7 Å². The maximum absolute atomic E-state index is 14.5. The van der Waals surface area contributed by atoms with E-state index < -0.39 is 0 Å². The molecule has 1 aromatic heterocycles. The van der Waals surface area contributed by atoms with Crippen LogP contribution in [0.5, 0.6) is 0 Å². The van der Waals surface area contributed by atoms with Crippen molar-refractivity contribution in [3.05, 3.63) is 117 Å². The molecule has 0 saturated heterocycles. The monoisotopic (exact) mass is 493 g/mol. The molecule has 0 saturated carbocycles. The molecule has 3 aromatic carbocycles. The first-order chi connectivity index (χ1) is 17.5. The van der Waals surface area contributed by atoms with Crippen LogP contribution in [0, 0.1) is 5.82 Å². The summed E-state index contributed by atoms with van der Waals surface area (Å²) in [6.07, 6.45) is 3.41. The molecule has 5 heteroatoms. The van der Waals surface area contributed by atoms with Crippen molar-refractivity contribution in [2.24, 2.45) is 0 Å². The molecule has 3 nitrogen and oxygen atoms in total. The van der Waals surface area contributed by atoms with Crippen LogP contribution in [0.3, 0.4) is 0 Å². The number of Topliss-reactive ketones (excluding diaryl/α,β-unsaturated/α-hetero) is 2. The fraction of sp³-hybridized carbons (Fsp3) is 0.161. The van der Waals surface area contributed by atoms with Gasteiger partial charge in [-0.1, -0.05) is 56.3 Å². The molecule has 36 heavy (non-hydrogen) atoms. The van der Waals surface area contributed by atoms with Gasteiger partial charge in [0.15, 0.2) is 11.6 Å². The Bertz CT molecular complexity index is 1540. The molecule has 1 aliphatic heterocycles. The number of para-hydroxylation sites is 1. The third-order valence-corrected chi connectivity index (χ3v) is 8.63. The van der Waals surface area contributed by atoms with Crippen LogP contribution in [0.25, 0.3) is 6.08 Å². The van der Waals surface area contributed by atoms with Crippen molar-refractivity contribution in [1.82, 2.24) is 0 Å². The van der Waals surface area contributed by atoms with Crippen LogP contribution >= 0.6 is 11.3 Å². The Morgan fingerprint density at radius 3 is 2.14 bits per heavy atom. The van der Waals surface area contributed by atoms with Gasteiger partial charge in [0.25, 0.3) is 0 Å². The van der Waals surface area contributed by atoms with E-state index in [0.29, 0.717) is 11.1 Å². The minimum atomic E-state index is -0.277. The van der Waals surface area contributed by atoms with E-state index >= 15 is 0 Å². The Morgan fingerprint density at radius 1 is 0.806 bits per heavy atom. The van der Waals surface area contributed by atoms with Crippen LogP contribution in [0.15, 0.2) is 84.4 Å². The number of anilines is 3. The molecule has 4 aromatic rings. The number of halogens is 1. The van der Waals surface area contributed by atoms with E-state index in [2.05, 4.69) is 30.9 Å². The van der Waals surface area contributed by atoms with E-state index in [-0.39, 0.29) is 28.4 Å². The minimum Gasteiger partial charge on any atom is -0.301 e. The molecule has 0 amide bonds. The molecule has 0 spiro atoms. The number of ketones is 2. The van der Waals surface area contributed by atoms with Crippen LogP contribution in [-0.4, -0.2) is 11.6 Å². The predicted molar refractivity (Wildman–Crippen MR) is 143 cm³/mol. The third-order valence-electron chi connectivity index (χ3n) is 7.61. The zero-order chi connectivity index (χ0) is 25.0. The highest BCUT2D eigenvalue weighted by Crippen LogP contribution is 2.55. The van der Waals surface area contributed by atoms with E-state index in [1.54, 1.807) is 36.4 Å². The molecule has 2 aliphatic rings. The quantitative estimate of drug-likeness (QED) is 0.212. The molecule has 0 fully saturated rings. The summed E-state index contributed by atoms with van der Waals surface area (Å²) in [5.74, 6) is -0.704. The lowest BCUT2D eigenvalue weighted by atomic mass is 9.67. The van der Waals surface area contributed by atoms with Crippen LogP contribution in [0.2, 0.25) is 0 Å². The third kappa shape index (κ3) is 3.16. The summed E-state index contributed by atoms with van der Waals surface area (Å²) in [4.78, 5) is 28.8. The van der Waals surface area contributed by atoms with Gasteiger partial charge in [-0.2, -0.15) is 0 Å². The normalized spacial score (nSPS) is 15.5. The van der Waals surface area contributed by atoms with E-state index in [4.69, 9.17) is 0 Å². The van der Waals surface area contributed by atoms with Gasteiger partial charge in [0, 0.05) is 21.4 Å². The summed E-state index contributed by atoms with van der Waals surface area (Å²) in [7, 11) is 0. The lowest BCUT2D eigenvalue weighted by molar-refractivity contribution is 0.0990. The van der Waals surface area contributed by atoms with E-state index in [1.165, 1.54) is 23.0 Å². The largest absolute Gasteiger partial charge is 0.301 e. The molecular weight excluding hydrogens is 469 g/mol. The van der Waals surface area contributed by atoms with Crippen molar-refractivity contribution in [3.63, 3.8) is 0 Å². The highest BCUT2D eigenvalue weighted by molar-refractivity contribution is 7.17. The first kappa shape index (κ1) is 22.6. The Hall–Kier alpha value is -3.83. The smallest absolute Gasteiger partial charge is 0.197 e. The number of allylic oxidation sites excluding steroid dienone is 1. The van der Waals surface area contributed by atoms with Gasteiger partial charge < -0.3 is 4.90 Å². The van der Waals surface area contributed by atoms with Gasteiger partial charge in [-0.25, -0.2) is 4.39 Å². The molecule has 6 rings (SSSR count). The molecule has 2 heterocycles. The number of hydrogen-bond acceptors (Lipinski definition) is 4. The second kappa shape index (κ2) is 8.38. The Balaban J connectivity index is 1.48. The van der Waals surface area contributed by atoms with Gasteiger partial charge in [0.2, 0.25) is 0 Å². The second-order valence-electron chi connectivity index (χ2n) is 9.24. The van der Waals surface area contributed by atoms with Crippen molar-refractivity contribution in [2.75, 3.05) is 4.90 Å². The van der Waals surface area contributed by atoms with Gasteiger partial charge in [0.05, 0.1) is 16.9 Å². The van der Waals surface area contributed by atoms with E-state index in [1.807, 2.05) is 30.3 Å². The molecule has 1 aliphatic carbocycles. The Morgan fingerprint density at radius 2 is 1.44 bits per heavy atom. The van der Waals surface area contributed by atoms with Gasteiger partial charge >= 0.3 is 0 Å². The van der Waals surface area contributed by atoms with Crippen molar-refractivity contribution >= 4 is 45.4 Å². The zero-order valence-electron chi connectivity index (χ0n) is 20.0. The number of nitrogens with zero attached hydrogens (tertiary/aromatic N) is 1. The first-order valence-corrected chi connectivity index (χ1v) is 13.0. The number of fused-ring (bicyclic) bond motifs is 3. The summed E-state index contributed by atoms with van der Waals surface area (Å²) < 4.78 is 14.5. The fourth-order valence-electron chi connectivity index (χ4n) is 5.77. The second-order valence-corrected chi connectivity index (χ2v) is 10.3. The maximum Gasteiger partial charge on any atom is 0.197 e.